The lowest BCUT2D eigenvalue weighted by atomic mass is 10.0. The standard InChI is InChI=1S/C16H15F3O3/c1-21-15(10-22-12-6-4-5-11(20)9-12)13-7-2-3-8-14(13)16(17,18)19/h2-9,15,20H,10H2,1H3. The summed E-state index contributed by atoms with van der Waals surface area (Å²) in [5, 5.41) is 9.34. The number of halogens is 3. The average molecular weight is 312 g/mol. The maximum absolute atomic E-state index is 13.0. The average Bonchev–Trinajstić information content (AvgIpc) is 2.47. The van der Waals surface area contributed by atoms with Crippen molar-refractivity contribution in [1.82, 2.24) is 0 Å². The fourth-order valence-electron chi connectivity index (χ4n) is 2.07. The van der Waals surface area contributed by atoms with E-state index in [9.17, 15) is 18.3 Å². The van der Waals surface area contributed by atoms with Gasteiger partial charge in [-0.2, -0.15) is 13.2 Å². The highest BCUT2D eigenvalue weighted by molar-refractivity contribution is 5.33. The molecule has 0 heterocycles. The molecule has 6 heteroatoms. The van der Waals surface area contributed by atoms with E-state index in [4.69, 9.17) is 9.47 Å². The molecule has 0 fully saturated rings. The van der Waals surface area contributed by atoms with Gasteiger partial charge >= 0.3 is 6.18 Å². The molecule has 0 aromatic heterocycles. The molecule has 1 atom stereocenters. The zero-order valence-electron chi connectivity index (χ0n) is 11.8. The first-order valence-electron chi connectivity index (χ1n) is 6.52. The molecule has 0 aliphatic rings. The summed E-state index contributed by atoms with van der Waals surface area (Å²) in [7, 11) is 1.32. The lowest BCUT2D eigenvalue weighted by Crippen LogP contribution is -2.18. The largest absolute Gasteiger partial charge is 0.508 e. The first kappa shape index (κ1) is 16.2. The number of alkyl halides is 3. The van der Waals surface area contributed by atoms with Crippen LogP contribution in [0.1, 0.15) is 17.2 Å². The monoisotopic (exact) mass is 312 g/mol. The molecule has 0 bridgehead atoms. The highest BCUT2D eigenvalue weighted by Crippen LogP contribution is 2.35. The predicted octanol–water partition coefficient (Wildman–Crippen LogP) is 4.18. The second-order valence-corrected chi connectivity index (χ2v) is 4.62. The van der Waals surface area contributed by atoms with E-state index in [-0.39, 0.29) is 17.9 Å². The third kappa shape index (κ3) is 3.92. The highest BCUT2D eigenvalue weighted by Gasteiger charge is 2.35. The number of aromatic hydroxyl groups is 1. The molecule has 0 aliphatic heterocycles. The Morgan fingerprint density at radius 2 is 1.82 bits per heavy atom. The van der Waals surface area contributed by atoms with Crippen molar-refractivity contribution >= 4 is 0 Å². The normalized spacial score (nSPS) is 12.9. The molecule has 22 heavy (non-hydrogen) atoms. The van der Waals surface area contributed by atoms with E-state index >= 15 is 0 Å². The number of hydrogen-bond acceptors (Lipinski definition) is 3. The first-order valence-corrected chi connectivity index (χ1v) is 6.52. The number of ether oxygens (including phenoxy) is 2. The zero-order chi connectivity index (χ0) is 16.2. The number of phenols is 1. The molecule has 2 rings (SSSR count). The molecule has 2 aromatic carbocycles. The van der Waals surface area contributed by atoms with Gasteiger partial charge < -0.3 is 14.6 Å². The van der Waals surface area contributed by atoms with Gasteiger partial charge in [0, 0.05) is 13.2 Å². The van der Waals surface area contributed by atoms with E-state index in [1.807, 2.05) is 0 Å². The summed E-state index contributed by atoms with van der Waals surface area (Å²) in [5.41, 5.74) is -0.737. The van der Waals surface area contributed by atoms with Crippen LogP contribution in [-0.2, 0) is 10.9 Å². The van der Waals surface area contributed by atoms with E-state index in [2.05, 4.69) is 0 Å². The number of hydrogen-bond donors (Lipinski definition) is 1. The topological polar surface area (TPSA) is 38.7 Å². The van der Waals surface area contributed by atoms with Crippen molar-refractivity contribution in [2.24, 2.45) is 0 Å². The van der Waals surface area contributed by atoms with Crippen LogP contribution in [0, 0.1) is 0 Å². The van der Waals surface area contributed by atoms with Gasteiger partial charge in [-0.25, -0.2) is 0 Å². The molecule has 0 spiro atoms. The van der Waals surface area contributed by atoms with Gasteiger partial charge in [0.2, 0.25) is 0 Å². The van der Waals surface area contributed by atoms with Crippen LogP contribution in [0.4, 0.5) is 13.2 Å². The van der Waals surface area contributed by atoms with Crippen molar-refractivity contribution in [2.45, 2.75) is 12.3 Å². The summed E-state index contributed by atoms with van der Waals surface area (Å²) >= 11 is 0. The van der Waals surface area contributed by atoms with Gasteiger partial charge in [-0.05, 0) is 23.8 Å². The van der Waals surface area contributed by atoms with Gasteiger partial charge in [0.05, 0.1) is 5.56 Å². The molecule has 0 saturated heterocycles. The molecule has 0 saturated carbocycles. The van der Waals surface area contributed by atoms with E-state index < -0.39 is 17.8 Å². The van der Waals surface area contributed by atoms with Crippen LogP contribution in [0.25, 0.3) is 0 Å². The Morgan fingerprint density at radius 1 is 1.09 bits per heavy atom. The predicted molar refractivity (Wildman–Crippen MR) is 74.8 cm³/mol. The Bertz CT molecular complexity index is 626. The van der Waals surface area contributed by atoms with Crippen LogP contribution >= 0.6 is 0 Å². The highest BCUT2D eigenvalue weighted by atomic mass is 19.4. The lowest BCUT2D eigenvalue weighted by Gasteiger charge is -2.21. The second-order valence-electron chi connectivity index (χ2n) is 4.62. The number of phenolic OH excluding ortho intramolecular Hbond substituents is 1. The summed E-state index contributed by atoms with van der Waals surface area (Å²) in [6.07, 6.45) is -5.33. The van der Waals surface area contributed by atoms with Crippen molar-refractivity contribution in [3.63, 3.8) is 0 Å². The van der Waals surface area contributed by atoms with E-state index in [1.165, 1.54) is 37.4 Å². The molecule has 2 aromatic rings. The van der Waals surface area contributed by atoms with Gasteiger partial charge in [-0.15, -0.1) is 0 Å². The van der Waals surface area contributed by atoms with Gasteiger partial charge in [0.25, 0.3) is 0 Å². The Labute approximate surface area is 125 Å². The maximum atomic E-state index is 13.0. The second kappa shape index (κ2) is 6.70. The van der Waals surface area contributed by atoms with E-state index in [1.54, 1.807) is 12.1 Å². The maximum Gasteiger partial charge on any atom is 0.416 e. The molecule has 3 nitrogen and oxygen atoms in total. The lowest BCUT2D eigenvalue weighted by molar-refractivity contribution is -0.139. The fourth-order valence-corrected chi connectivity index (χ4v) is 2.07. The quantitative estimate of drug-likeness (QED) is 0.900. The summed E-state index contributed by atoms with van der Waals surface area (Å²) in [6.45, 7) is -0.104. The third-order valence-electron chi connectivity index (χ3n) is 3.12. The van der Waals surface area contributed by atoms with Gasteiger partial charge in [0.15, 0.2) is 0 Å². The molecule has 1 unspecified atom stereocenters. The van der Waals surface area contributed by atoms with Crippen LogP contribution in [0.15, 0.2) is 48.5 Å². The molecule has 118 valence electrons. The first-order chi connectivity index (χ1) is 10.4. The van der Waals surface area contributed by atoms with E-state index in [0.29, 0.717) is 5.75 Å². The van der Waals surface area contributed by atoms with Crippen molar-refractivity contribution < 1.29 is 27.8 Å². The van der Waals surface area contributed by atoms with Gasteiger partial charge in [0.1, 0.15) is 24.2 Å². The molecule has 0 radical (unpaired) electrons. The third-order valence-corrected chi connectivity index (χ3v) is 3.12. The minimum Gasteiger partial charge on any atom is -0.508 e. The van der Waals surface area contributed by atoms with E-state index in [0.717, 1.165) is 6.07 Å². The minimum absolute atomic E-state index is 0.0117. The van der Waals surface area contributed by atoms with Crippen LogP contribution in [-0.4, -0.2) is 18.8 Å². The van der Waals surface area contributed by atoms with Gasteiger partial charge in [-0.3, -0.25) is 0 Å². The molecule has 0 aliphatic carbocycles. The van der Waals surface area contributed by atoms with Crippen molar-refractivity contribution in [2.75, 3.05) is 13.7 Å². The number of rotatable bonds is 5. The fraction of sp³-hybridized carbons (Fsp3) is 0.250. The molecular formula is C16H15F3O3. The Morgan fingerprint density at radius 3 is 2.45 bits per heavy atom. The summed E-state index contributed by atoms with van der Waals surface area (Å²) < 4.78 is 49.6. The summed E-state index contributed by atoms with van der Waals surface area (Å²) in [4.78, 5) is 0. The van der Waals surface area contributed by atoms with Crippen LogP contribution < -0.4 is 4.74 Å². The SMILES string of the molecule is COC(COc1cccc(O)c1)c1ccccc1C(F)(F)F. The van der Waals surface area contributed by atoms with Crippen LogP contribution in [0.3, 0.4) is 0 Å². The molecular weight excluding hydrogens is 297 g/mol. The molecule has 0 amide bonds. The summed E-state index contributed by atoms with van der Waals surface area (Å²) in [5.74, 6) is 0.369. The van der Waals surface area contributed by atoms with Crippen molar-refractivity contribution in [1.29, 1.82) is 0 Å². The van der Waals surface area contributed by atoms with Crippen molar-refractivity contribution in [3.05, 3.63) is 59.7 Å². The zero-order valence-corrected chi connectivity index (χ0v) is 11.8. The Hall–Kier alpha value is -2.21. The minimum atomic E-state index is -4.46. The summed E-state index contributed by atoms with van der Waals surface area (Å²) in [6, 6.07) is 11.2. The Balaban J connectivity index is 2.19. The number of benzene rings is 2. The Kier molecular flexibility index (Phi) is 4.92. The van der Waals surface area contributed by atoms with Crippen LogP contribution in [0.5, 0.6) is 11.5 Å². The molecule has 1 N–H and O–H groups in total. The van der Waals surface area contributed by atoms with Crippen molar-refractivity contribution in [3.8, 4) is 11.5 Å². The van der Waals surface area contributed by atoms with Gasteiger partial charge in [-0.1, -0.05) is 24.3 Å². The smallest absolute Gasteiger partial charge is 0.416 e. The van der Waals surface area contributed by atoms with Crippen LogP contribution in [0.2, 0.25) is 0 Å². The number of methoxy groups -OCH3 is 1.